The topological polar surface area (TPSA) is 26.3 Å². The summed E-state index contributed by atoms with van der Waals surface area (Å²) in [5.41, 5.74) is 0.811. The molecule has 0 saturated heterocycles. The molecule has 2 nitrogen and oxygen atoms in total. The van der Waals surface area contributed by atoms with E-state index in [9.17, 15) is 4.79 Å². The van der Waals surface area contributed by atoms with E-state index in [-0.39, 0.29) is 22.9 Å². The molecule has 2 aliphatic carbocycles. The van der Waals surface area contributed by atoms with Crippen LogP contribution in [0.5, 0.6) is 0 Å². The van der Waals surface area contributed by atoms with Crippen molar-refractivity contribution in [3.8, 4) is 0 Å². The van der Waals surface area contributed by atoms with Crippen LogP contribution in [-0.4, -0.2) is 12.1 Å². The van der Waals surface area contributed by atoms with Gasteiger partial charge < -0.3 is 4.74 Å². The smallest absolute Gasteiger partial charge is 0.339 e. The molecule has 3 heteroatoms. The predicted molar refractivity (Wildman–Crippen MR) is 79.9 cm³/mol. The molecule has 0 aromatic heterocycles. The highest BCUT2D eigenvalue weighted by atomic mass is 35.5. The summed E-state index contributed by atoms with van der Waals surface area (Å²) in [6, 6.07) is 7.09. The van der Waals surface area contributed by atoms with E-state index in [2.05, 4.69) is 20.8 Å². The summed E-state index contributed by atoms with van der Waals surface area (Å²) in [4.78, 5) is 12.3. The zero-order valence-corrected chi connectivity index (χ0v) is 13.0. The number of rotatable bonds is 2. The monoisotopic (exact) mass is 292 g/mol. The van der Waals surface area contributed by atoms with Crippen molar-refractivity contribution in [2.24, 2.45) is 16.7 Å². The van der Waals surface area contributed by atoms with Gasteiger partial charge in [0, 0.05) is 5.41 Å². The van der Waals surface area contributed by atoms with Crippen molar-refractivity contribution in [2.45, 2.75) is 46.1 Å². The number of hydrogen-bond acceptors (Lipinski definition) is 2. The minimum Gasteiger partial charge on any atom is -0.458 e. The molecule has 3 atom stereocenters. The molecule has 0 aliphatic heterocycles. The molecule has 3 unspecified atom stereocenters. The van der Waals surface area contributed by atoms with E-state index in [0.29, 0.717) is 16.5 Å². The van der Waals surface area contributed by atoms with E-state index in [1.807, 2.05) is 12.1 Å². The lowest BCUT2D eigenvalue weighted by molar-refractivity contribution is -0.0242. The fraction of sp³-hybridized carbons (Fsp3) is 0.588. The van der Waals surface area contributed by atoms with Crippen LogP contribution in [0.1, 0.15) is 50.4 Å². The highest BCUT2D eigenvalue weighted by molar-refractivity contribution is 6.33. The summed E-state index contributed by atoms with van der Waals surface area (Å²) >= 11 is 6.07. The number of carbonyl (C=O) groups is 1. The van der Waals surface area contributed by atoms with Crippen molar-refractivity contribution in [1.82, 2.24) is 0 Å². The summed E-state index contributed by atoms with van der Waals surface area (Å²) in [6.07, 6.45) is 3.40. The Morgan fingerprint density at radius 2 is 2.00 bits per heavy atom. The Kier molecular flexibility index (Phi) is 3.13. The zero-order valence-electron chi connectivity index (χ0n) is 12.3. The summed E-state index contributed by atoms with van der Waals surface area (Å²) in [6.45, 7) is 6.90. The maximum absolute atomic E-state index is 12.3. The minimum absolute atomic E-state index is 0.0139. The van der Waals surface area contributed by atoms with Gasteiger partial charge in [-0.15, -0.1) is 0 Å². The van der Waals surface area contributed by atoms with Gasteiger partial charge in [0.1, 0.15) is 6.10 Å². The van der Waals surface area contributed by atoms with E-state index in [4.69, 9.17) is 16.3 Å². The molecule has 0 heterocycles. The lowest BCUT2D eigenvalue weighted by atomic mass is 9.70. The molecule has 2 saturated carbocycles. The first-order valence-corrected chi connectivity index (χ1v) is 7.69. The second-order valence-electron chi connectivity index (χ2n) is 6.98. The maximum atomic E-state index is 12.3. The minimum atomic E-state index is -0.287. The molecule has 2 bridgehead atoms. The van der Waals surface area contributed by atoms with Crippen LogP contribution in [0.15, 0.2) is 24.3 Å². The number of carbonyl (C=O) groups excluding carboxylic acids is 1. The lowest BCUT2D eigenvalue weighted by Crippen LogP contribution is -2.38. The van der Waals surface area contributed by atoms with Crippen LogP contribution in [0, 0.1) is 16.7 Å². The summed E-state index contributed by atoms with van der Waals surface area (Å²) in [5.74, 6) is 0.377. The Labute approximate surface area is 125 Å². The molecule has 20 heavy (non-hydrogen) atoms. The van der Waals surface area contributed by atoms with Gasteiger partial charge in [0.15, 0.2) is 0 Å². The zero-order chi connectivity index (χ0) is 14.5. The van der Waals surface area contributed by atoms with Gasteiger partial charge in [0.05, 0.1) is 10.6 Å². The molecule has 108 valence electrons. The average Bonchev–Trinajstić information content (AvgIpc) is 2.72. The van der Waals surface area contributed by atoms with Gasteiger partial charge in [0.2, 0.25) is 0 Å². The maximum Gasteiger partial charge on any atom is 0.339 e. The SMILES string of the molecule is CC1(C)C2CCC1(C)C(OC(=O)c1ccccc1Cl)C2. The average molecular weight is 293 g/mol. The summed E-state index contributed by atoms with van der Waals surface area (Å²) < 4.78 is 5.83. The Hall–Kier alpha value is -1.02. The van der Waals surface area contributed by atoms with Crippen molar-refractivity contribution >= 4 is 17.6 Å². The Morgan fingerprint density at radius 1 is 1.30 bits per heavy atom. The molecule has 1 aromatic carbocycles. The fourth-order valence-electron chi connectivity index (χ4n) is 4.13. The second-order valence-corrected chi connectivity index (χ2v) is 7.39. The number of benzene rings is 1. The van der Waals surface area contributed by atoms with Crippen LogP contribution in [0.25, 0.3) is 0 Å². The number of ether oxygens (including phenoxy) is 1. The molecule has 1 aromatic rings. The molecule has 3 rings (SSSR count). The second kappa shape index (κ2) is 4.49. The summed E-state index contributed by atoms with van der Waals surface area (Å²) in [7, 11) is 0. The molecular formula is C17H21ClO2. The third kappa shape index (κ3) is 1.81. The standard InChI is InChI=1S/C17H21ClO2/c1-16(2)11-8-9-17(16,3)14(10-11)20-15(19)12-6-4-5-7-13(12)18/h4-7,11,14H,8-10H2,1-3H3. The quantitative estimate of drug-likeness (QED) is 0.738. The van der Waals surface area contributed by atoms with E-state index >= 15 is 0 Å². The molecule has 0 amide bonds. The predicted octanol–water partition coefficient (Wildman–Crippen LogP) is 4.71. The first-order chi connectivity index (χ1) is 9.36. The van der Waals surface area contributed by atoms with Crippen molar-refractivity contribution in [3.05, 3.63) is 34.9 Å². The molecule has 2 fully saturated rings. The Balaban J connectivity index is 1.81. The molecular weight excluding hydrogens is 272 g/mol. The van der Waals surface area contributed by atoms with Gasteiger partial charge in [-0.2, -0.15) is 0 Å². The van der Waals surface area contributed by atoms with Gasteiger partial charge in [-0.25, -0.2) is 4.79 Å². The summed E-state index contributed by atoms with van der Waals surface area (Å²) in [5, 5.41) is 0.463. The molecule has 0 radical (unpaired) electrons. The largest absolute Gasteiger partial charge is 0.458 e. The van der Waals surface area contributed by atoms with Crippen LogP contribution >= 0.6 is 11.6 Å². The number of fused-ring (bicyclic) bond motifs is 2. The molecule has 0 spiro atoms. The normalized spacial score (nSPS) is 34.2. The Bertz CT molecular complexity index is 552. The van der Waals surface area contributed by atoms with Crippen molar-refractivity contribution in [1.29, 1.82) is 0 Å². The first-order valence-electron chi connectivity index (χ1n) is 7.32. The van der Waals surface area contributed by atoms with Gasteiger partial charge in [0.25, 0.3) is 0 Å². The van der Waals surface area contributed by atoms with Crippen LogP contribution in [0.4, 0.5) is 0 Å². The van der Waals surface area contributed by atoms with Crippen LogP contribution in [0.3, 0.4) is 0 Å². The molecule has 0 N–H and O–H groups in total. The fourth-order valence-corrected chi connectivity index (χ4v) is 4.34. The third-order valence-corrected chi connectivity index (χ3v) is 6.39. The van der Waals surface area contributed by atoms with E-state index in [0.717, 1.165) is 12.8 Å². The highest BCUT2D eigenvalue weighted by Crippen LogP contribution is 2.66. The van der Waals surface area contributed by atoms with E-state index < -0.39 is 0 Å². The number of halogens is 1. The van der Waals surface area contributed by atoms with Crippen molar-refractivity contribution in [2.75, 3.05) is 0 Å². The highest BCUT2D eigenvalue weighted by Gasteiger charge is 2.62. The number of esters is 1. The Morgan fingerprint density at radius 3 is 2.55 bits per heavy atom. The van der Waals surface area contributed by atoms with Gasteiger partial charge in [-0.3, -0.25) is 0 Å². The van der Waals surface area contributed by atoms with Gasteiger partial charge in [-0.05, 0) is 42.7 Å². The molecule has 2 aliphatic rings. The van der Waals surface area contributed by atoms with E-state index in [1.165, 1.54) is 6.42 Å². The first kappa shape index (κ1) is 13.9. The van der Waals surface area contributed by atoms with Crippen LogP contribution in [0.2, 0.25) is 5.02 Å². The number of hydrogen-bond donors (Lipinski definition) is 0. The van der Waals surface area contributed by atoms with E-state index in [1.54, 1.807) is 12.1 Å². The van der Waals surface area contributed by atoms with Crippen molar-refractivity contribution in [3.63, 3.8) is 0 Å². The van der Waals surface area contributed by atoms with Gasteiger partial charge >= 0.3 is 5.97 Å². The third-order valence-electron chi connectivity index (χ3n) is 6.06. The van der Waals surface area contributed by atoms with Crippen LogP contribution in [-0.2, 0) is 4.74 Å². The lowest BCUT2D eigenvalue weighted by Gasteiger charge is -2.38. The van der Waals surface area contributed by atoms with Crippen molar-refractivity contribution < 1.29 is 9.53 Å². The van der Waals surface area contributed by atoms with Gasteiger partial charge in [-0.1, -0.05) is 44.5 Å². The van der Waals surface area contributed by atoms with Crippen LogP contribution < -0.4 is 0 Å².